The van der Waals surface area contributed by atoms with Gasteiger partial charge in [-0.15, -0.1) is 0 Å². The van der Waals surface area contributed by atoms with E-state index < -0.39 is 10.0 Å². The topological polar surface area (TPSA) is 86.3 Å². The van der Waals surface area contributed by atoms with Crippen LogP contribution in [0.5, 0.6) is 0 Å². The first-order valence-electron chi connectivity index (χ1n) is 5.49. The number of rotatable bonds is 6. The average Bonchev–Trinajstić information content (AvgIpc) is 2.74. The van der Waals surface area contributed by atoms with E-state index in [1.807, 2.05) is 13.8 Å². The SMILES string of the molecule is CC(C)CCN(C)S(=O)(=O)c1[nH]ncc1CO. The van der Waals surface area contributed by atoms with E-state index in [4.69, 9.17) is 5.11 Å². The van der Waals surface area contributed by atoms with Gasteiger partial charge in [0.15, 0.2) is 5.03 Å². The third-order valence-corrected chi connectivity index (χ3v) is 4.41. The van der Waals surface area contributed by atoms with Gasteiger partial charge in [-0.05, 0) is 12.3 Å². The quantitative estimate of drug-likeness (QED) is 0.783. The van der Waals surface area contributed by atoms with Gasteiger partial charge in [0.05, 0.1) is 12.8 Å². The number of aliphatic hydroxyl groups is 1. The molecule has 0 aliphatic carbocycles. The molecule has 0 radical (unpaired) electrons. The Labute approximate surface area is 102 Å². The van der Waals surface area contributed by atoms with E-state index in [1.54, 1.807) is 0 Å². The van der Waals surface area contributed by atoms with Gasteiger partial charge in [0.1, 0.15) is 0 Å². The summed E-state index contributed by atoms with van der Waals surface area (Å²) in [5, 5.41) is 15.1. The molecule has 0 aliphatic heterocycles. The van der Waals surface area contributed by atoms with Gasteiger partial charge in [-0.2, -0.15) is 9.40 Å². The van der Waals surface area contributed by atoms with Gasteiger partial charge in [-0.25, -0.2) is 8.42 Å². The number of aliphatic hydroxyl groups excluding tert-OH is 1. The molecule has 7 heteroatoms. The third kappa shape index (κ3) is 3.27. The Morgan fingerprint density at radius 2 is 2.18 bits per heavy atom. The summed E-state index contributed by atoms with van der Waals surface area (Å²) >= 11 is 0. The van der Waals surface area contributed by atoms with Gasteiger partial charge in [-0.3, -0.25) is 5.10 Å². The minimum atomic E-state index is -3.58. The standard InChI is InChI=1S/C10H19N3O3S/c1-8(2)4-5-13(3)17(15,16)10-9(7-14)6-11-12-10/h6,8,14H,4-5,7H2,1-3H3,(H,11,12). The summed E-state index contributed by atoms with van der Waals surface area (Å²) in [6.45, 7) is 4.18. The number of aromatic nitrogens is 2. The molecule has 0 spiro atoms. The van der Waals surface area contributed by atoms with Crippen molar-refractivity contribution < 1.29 is 13.5 Å². The molecule has 1 aromatic rings. The van der Waals surface area contributed by atoms with E-state index in [2.05, 4.69) is 10.2 Å². The summed E-state index contributed by atoms with van der Waals surface area (Å²) in [6.07, 6.45) is 2.11. The lowest BCUT2D eigenvalue weighted by Crippen LogP contribution is -2.29. The number of nitrogens with zero attached hydrogens (tertiary/aromatic N) is 2. The molecule has 1 heterocycles. The molecule has 2 N–H and O–H groups in total. The molecular weight excluding hydrogens is 242 g/mol. The van der Waals surface area contributed by atoms with Crippen molar-refractivity contribution in [3.8, 4) is 0 Å². The fourth-order valence-electron chi connectivity index (χ4n) is 1.35. The number of sulfonamides is 1. The summed E-state index contributed by atoms with van der Waals surface area (Å²) in [7, 11) is -2.05. The molecule has 0 bridgehead atoms. The second-order valence-corrected chi connectivity index (χ2v) is 6.37. The number of hydrogen-bond acceptors (Lipinski definition) is 4. The highest BCUT2D eigenvalue weighted by molar-refractivity contribution is 7.89. The van der Waals surface area contributed by atoms with Crippen LogP contribution in [-0.4, -0.2) is 41.6 Å². The Morgan fingerprint density at radius 3 is 2.71 bits per heavy atom. The van der Waals surface area contributed by atoms with Crippen molar-refractivity contribution in [2.45, 2.75) is 31.9 Å². The summed E-state index contributed by atoms with van der Waals surface area (Å²) < 4.78 is 25.5. The average molecular weight is 261 g/mol. The molecule has 6 nitrogen and oxygen atoms in total. The zero-order chi connectivity index (χ0) is 13.1. The first kappa shape index (κ1) is 14.1. The van der Waals surface area contributed by atoms with Crippen molar-refractivity contribution >= 4 is 10.0 Å². The zero-order valence-corrected chi connectivity index (χ0v) is 11.2. The van der Waals surface area contributed by atoms with E-state index in [0.717, 1.165) is 6.42 Å². The smallest absolute Gasteiger partial charge is 0.260 e. The van der Waals surface area contributed by atoms with Crippen molar-refractivity contribution in [1.82, 2.24) is 14.5 Å². The van der Waals surface area contributed by atoms with Gasteiger partial charge in [0, 0.05) is 19.2 Å². The summed E-state index contributed by atoms with van der Waals surface area (Å²) in [5.41, 5.74) is 0.293. The Balaban J connectivity index is 2.88. The molecule has 0 fully saturated rings. The molecule has 17 heavy (non-hydrogen) atoms. The van der Waals surface area contributed by atoms with Crippen LogP contribution in [0.4, 0.5) is 0 Å². The Bertz CT molecular complexity index is 453. The largest absolute Gasteiger partial charge is 0.392 e. The molecule has 0 aliphatic rings. The van der Waals surface area contributed by atoms with Gasteiger partial charge in [0.2, 0.25) is 0 Å². The number of H-pyrrole nitrogens is 1. The van der Waals surface area contributed by atoms with Crippen LogP contribution in [0.15, 0.2) is 11.2 Å². The fourth-order valence-corrected chi connectivity index (χ4v) is 2.63. The molecule has 0 unspecified atom stereocenters. The van der Waals surface area contributed by atoms with Crippen LogP contribution in [0.2, 0.25) is 0 Å². The molecule has 0 saturated heterocycles. The molecule has 0 saturated carbocycles. The Hall–Kier alpha value is -0.920. The first-order chi connectivity index (χ1) is 7.89. The van der Waals surface area contributed by atoms with Gasteiger partial charge < -0.3 is 5.11 Å². The third-order valence-electron chi connectivity index (χ3n) is 2.54. The number of nitrogens with one attached hydrogen (secondary N) is 1. The summed E-state index contributed by atoms with van der Waals surface area (Å²) in [4.78, 5) is 0. The molecular formula is C10H19N3O3S. The lowest BCUT2D eigenvalue weighted by atomic mass is 10.1. The molecule has 1 aromatic heterocycles. The van der Waals surface area contributed by atoms with Crippen LogP contribution >= 0.6 is 0 Å². The normalized spacial score (nSPS) is 12.6. The monoisotopic (exact) mass is 261 g/mol. The lowest BCUT2D eigenvalue weighted by molar-refractivity contribution is 0.278. The highest BCUT2D eigenvalue weighted by Gasteiger charge is 2.25. The van der Waals surface area contributed by atoms with Gasteiger partial charge in [0.25, 0.3) is 10.0 Å². The predicted molar refractivity (Wildman–Crippen MR) is 63.8 cm³/mol. The highest BCUT2D eigenvalue weighted by Crippen LogP contribution is 2.17. The predicted octanol–water partition coefficient (Wildman–Crippen LogP) is 0.569. The van der Waals surface area contributed by atoms with E-state index in [0.29, 0.717) is 18.0 Å². The van der Waals surface area contributed by atoms with Gasteiger partial charge in [-0.1, -0.05) is 13.8 Å². The van der Waals surface area contributed by atoms with Crippen LogP contribution in [0, 0.1) is 5.92 Å². The number of aromatic amines is 1. The Kier molecular flexibility index (Phi) is 4.67. The van der Waals surface area contributed by atoms with Crippen molar-refractivity contribution in [2.24, 2.45) is 5.92 Å². The van der Waals surface area contributed by atoms with E-state index in [1.165, 1.54) is 17.5 Å². The van der Waals surface area contributed by atoms with Crippen LogP contribution in [-0.2, 0) is 16.6 Å². The van der Waals surface area contributed by atoms with Crippen LogP contribution in [0.25, 0.3) is 0 Å². The molecule has 0 atom stereocenters. The maximum absolute atomic E-state index is 12.1. The highest BCUT2D eigenvalue weighted by atomic mass is 32.2. The van der Waals surface area contributed by atoms with E-state index in [9.17, 15) is 8.42 Å². The lowest BCUT2D eigenvalue weighted by Gasteiger charge is -2.17. The Morgan fingerprint density at radius 1 is 1.53 bits per heavy atom. The van der Waals surface area contributed by atoms with Crippen LogP contribution in [0.1, 0.15) is 25.8 Å². The van der Waals surface area contributed by atoms with E-state index in [-0.39, 0.29) is 11.6 Å². The molecule has 0 aromatic carbocycles. The van der Waals surface area contributed by atoms with Gasteiger partial charge >= 0.3 is 0 Å². The van der Waals surface area contributed by atoms with Crippen LogP contribution in [0.3, 0.4) is 0 Å². The maximum Gasteiger partial charge on any atom is 0.260 e. The van der Waals surface area contributed by atoms with Crippen molar-refractivity contribution in [3.63, 3.8) is 0 Å². The fraction of sp³-hybridized carbons (Fsp3) is 0.700. The van der Waals surface area contributed by atoms with E-state index >= 15 is 0 Å². The minimum absolute atomic E-state index is 0.0220. The first-order valence-corrected chi connectivity index (χ1v) is 6.93. The van der Waals surface area contributed by atoms with Crippen molar-refractivity contribution in [1.29, 1.82) is 0 Å². The van der Waals surface area contributed by atoms with Crippen LogP contribution < -0.4 is 0 Å². The zero-order valence-electron chi connectivity index (χ0n) is 10.3. The summed E-state index contributed by atoms with van der Waals surface area (Å²) in [5.74, 6) is 0.437. The summed E-state index contributed by atoms with van der Waals surface area (Å²) in [6, 6.07) is 0. The van der Waals surface area contributed by atoms with Crippen molar-refractivity contribution in [3.05, 3.63) is 11.8 Å². The molecule has 0 amide bonds. The molecule has 1 rings (SSSR count). The second-order valence-electron chi connectivity index (χ2n) is 4.39. The van der Waals surface area contributed by atoms with Crippen molar-refractivity contribution in [2.75, 3.05) is 13.6 Å². The molecule has 98 valence electrons. The maximum atomic E-state index is 12.1. The second kappa shape index (κ2) is 5.61. The number of hydrogen-bond donors (Lipinski definition) is 2. The minimum Gasteiger partial charge on any atom is -0.392 e.